The fourth-order valence-electron chi connectivity index (χ4n) is 1.64. The zero-order chi connectivity index (χ0) is 14.1. The van der Waals surface area contributed by atoms with Crippen molar-refractivity contribution in [3.63, 3.8) is 0 Å². The maximum Gasteiger partial charge on any atom is 0.336 e. The largest absolute Gasteiger partial charge is 0.388 e. The van der Waals surface area contributed by atoms with Gasteiger partial charge < -0.3 is 29.6 Å². The van der Waals surface area contributed by atoms with Crippen molar-refractivity contribution >= 4 is 15.1 Å². The van der Waals surface area contributed by atoms with Crippen molar-refractivity contribution in [1.82, 2.24) is 5.09 Å². The van der Waals surface area contributed by atoms with Gasteiger partial charge in [-0.25, -0.2) is 5.09 Å². The smallest absolute Gasteiger partial charge is 0.336 e. The van der Waals surface area contributed by atoms with Crippen molar-refractivity contribution in [2.75, 3.05) is 12.4 Å². The van der Waals surface area contributed by atoms with Crippen LogP contribution >= 0.6 is 15.1 Å². The minimum absolute atomic E-state index is 0.295. The first-order valence-electron chi connectivity index (χ1n) is 5.15. The van der Waals surface area contributed by atoms with Gasteiger partial charge in [-0.2, -0.15) is 0 Å². The van der Waals surface area contributed by atoms with Gasteiger partial charge in [0.15, 0.2) is 0 Å². The van der Waals surface area contributed by atoms with Crippen LogP contribution in [0.2, 0.25) is 0 Å². The molecule has 1 aliphatic rings. The van der Waals surface area contributed by atoms with Crippen LogP contribution in [0.15, 0.2) is 0 Å². The quantitative estimate of drug-likeness (QED) is 0.329. The normalized spacial score (nSPS) is 36.6. The summed E-state index contributed by atoms with van der Waals surface area (Å²) in [7, 11) is -8.83. The summed E-state index contributed by atoms with van der Waals surface area (Å²) in [5, 5.41) is 21.0. The number of aliphatic hydroxyl groups excluding tert-OH is 2. The number of nitrogens with one attached hydrogen (secondary N) is 1. The Bertz CT molecular complexity index is 384. The highest BCUT2D eigenvalue weighted by Crippen LogP contribution is 2.51. The Balaban J connectivity index is 2.51. The number of ether oxygens (including phenoxy) is 1. The SMILES string of the molecule is CC1O[C@H](CNP(=O)(O)CP(=O)(O)O)[C@@H](O)[C@H]1O. The van der Waals surface area contributed by atoms with Crippen molar-refractivity contribution < 1.29 is 38.8 Å². The molecule has 0 aromatic carbocycles. The lowest BCUT2D eigenvalue weighted by Crippen LogP contribution is -2.37. The topological polar surface area (TPSA) is 157 Å². The molecular formula is C7H17NO8P2. The molecule has 108 valence electrons. The molecule has 5 atom stereocenters. The molecule has 6 N–H and O–H groups in total. The monoisotopic (exact) mass is 305 g/mol. The van der Waals surface area contributed by atoms with Gasteiger partial charge in [0.05, 0.1) is 12.2 Å². The lowest BCUT2D eigenvalue weighted by atomic mass is 10.1. The summed E-state index contributed by atoms with van der Waals surface area (Å²) in [6, 6.07) is 0. The van der Waals surface area contributed by atoms with Gasteiger partial charge in [0, 0.05) is 6.54 Å². The van der Waals surface area contributed by atoms with Gasteiger partial charge in [0.2, 0.25) is 0 Å². The van der Waals surface area contributed by atoms with Crippen LogP contribution in [0.1, 0.15) is 6.92 Å². The first-order chi connectivity index (χ1) is 8.02. The van der Waals surface area contributed by atoms with E-state index < -0.39 is 45.4 Å². The minimum Gasteiger partial charge on any atom is -0.388 e. The number of hydrogen-bond acceptors (Lipinski definition) is 5. The molecule has 0 bridgehead atoms. The van der Waals surface area contributed by atoms with Gasteiger partial charge in [0.25, 0.3) is 7.52 Å². The summed E-state index contributed by atoms with van der Waals surface area (Å²) in [6.45, 7) is 1.23. The van der Waals surface area contributed by atoms with Crippen LogP contribution in [0.25, 0.3) is 0 Å². The van der Waals surface area contributed by atoms with Crippen LogP contribution in [0, 0.1) is 0 Å². The van der Waals surface area contributed by atoms with Crippen LogP contribution in [0.3, 0.4) is 0 Å². The molecule has 2 unspecified atom stereocenters. The maximum absolute atomic E-state index is 11.4. The highest BCUT2D eigenvalue weighted by atomic mass is 31.2. The minimum atomic E-state index is -4.62. The number of rotatable bonds is 5. The van der Waals surface area contributed by atoms with Crippen LogP contribution in [0.5, 0.6) is 0 Å². The fraction of sp³-hybridized carbons (Fsp3) is 1.00. The Morgan fingerprint density at radius 1 is 1.17 bits per heavy atom. The van der Waals surface area contributed by atoms with E-state index in [1.54, 1.807) is 0 Å². The average molecular weight is 305 g/mol. The summed E-state index contributed by atoms with van der Waals surface area (Å²) < 4.78 is 27.1. The number of aliphatic hydroxyl groups is 2. The van der Waals surface area contributed by atoms with E-state index in [9.17, 15) is 24.2 Å². The predicted molar refractivity (Wildman–Crippen MR) is 61.1 cm³/mol. The second-order valence-corrected chi connectivity index (χ2v) is 8.41. The predicted octanol–water partition coefficient (Wildman–Crippen LogP) is -1.59. The second-order valence-electron chi connectivity index (χ2n) is 4.23. The molecule has 0 spiro atoms. The zero-order valence-electron chi connectivity index (χ0n) is 9.58. The molecule has 1 heterocycles. The Labute approximate surface area is 103 Å². The van der Waals surface area contributed by atoms with Crippen LogP contribution in [0.4, 0.5) is 0 Å². The molecule has 1 rings (SSSR count). The molecule has 9 nitrogen and oxygen atoms in total. The molecule has 0 radical (unpaired) electrons. The van der Waals surface area contributed by atoms with E-state index >= 15 is 0 Å². The third kappa shape index (κ3) is 4.70. The third-order valence-electron chi connectivity index (χ3n) is 2.52. The molecule has 1 aliphatic heterocycles. The molecule has 18 heavy (non-hydrogen) atoms. The highest BCUT2D eigenvalue weighted by Gasteiger charge is 2.41. The first kappa shape index (κ1) is 16.2. The molecule has 1 saturated heterocycles. The van der Waals surface area contributed by atoms with Gasteiger partial charge in [0.1, 0.15) is 18.1 Å². The van der Waals surface area contributed by atoms with Crippen LogP contribution in [-0.4, -0.2) is 61.8 Å². The van der Waals surface area contributed by atoms with E-state index in [4.69, 9.17) is 14.5 Å². The standard InChI is InChI=1S/C7H17NO8P2/c1-4-6(9)7(10)5(16-4)2-8-17(11,12)3-18(13,14)15/h4-7,9-10H,2-3H2,1H3,(H2,8,11,12)(H2,13,14,15)/t4?,5-,6+,7-/m1/s1. The zero-order valence-corrected chi connectivity index (χ0v) is 11.4. The van der Waals surface area contributed by atoms with E-state index in [0.29, 0.717) is 0 Å². The lowest BCUT2D eigenvalue weighted by molar-refractivity contribution is 0.0198. The van der Waals surface area contributed by atoms with Gasteiger partial charge in [-0.3, -0.25) is 9.13 Å². The Hall–Kier alpha value is 0.180. The Kier molecular flexibility index (Phi) is 5.11. The van der Waals surface area contributed by atoms with E-state index in [0.717, 1.165) is 0 Å². The molecular weight excluding hydrogens is 288 g/mol. The molecule has 0 aromatic rings. The van der Waals surface area contributed by atoms with Crippen LogP contribution in [-0.2, 0) is 13.9 Å². The van der Waals surface area contributed by atoms with Crippen molar-refractivity contribution in [3.8, 4) is 0 Å². The summed E-state index contributed by atoms with van der Waals surface area (Å²) in [5.74, 6) is -1.19. The number of hydrogen-bond donors (Lipinski definition) is 6. The van der Waals surface area contributed by atoms with E-state index in [2.05, 4.69) is 5.09 Å². The van der Waals surface area contributed by atoms with Gasteiger partial charge in [-0.1, -0.05) is 0 Å². The highest BCUT2D eigenvalue weighted by molar-refractivity contribution is 7.71. The van der Waals surface area contributed by atoms with Crippen molar-refractivity contribution in [2.45, 2.75) is 31.3 Å². The summed E-state index contributed by atoms with van der Waals surface area (Å²) in [5.41, 5.74) is 0. The summed E-state index contributed by atoms with van der Waals surface area (Å²) in [4.78, 5) is 26.5. The first-order valence-corrected chi connectivity index (χ1v) is 8.79. The summed E-state index contributed by atoms with van der Waals surface area (Å²) >= 11 is 0. The van der Waals surface area contributed by atoms with Crippen LogP contribution < -0.4 is 5.09 Å². The van der Waals surface area contributed by atoms with E-state index in [1.165, 1.54) is 6.92 Å². The molecule has 11 heteroatoms. The molecule has 1 fully saturated rings. The van der Waals surface area contributed by atoms with Gasteiger partial charge in [-0.05, 0) is 6.92 Å². The molecule has 0 amide bonds. The van der Waals surface area contributed by atoms with Crippen molar-refractivity contribution in [2.24, 2.45) is 0 Å². The van der Waals surface area contributed by atoms with Crippen molar-refractivity contribution in [1.29, 1.82) is 0 Å². The second kappa shape index (κ2) is 5.66. The third-order valence-corrected chi connectivity index (χ3v) is 6.20. The van der Waals surface area contributed by atoms with Crippen molar-refractivity contribution in [3.05, 3.63) is 0 Å². The fourth-order valence-corrected chi connectivity index (χ4v) is 4.50. The van der Waals surface area contributed by atoms with E-state index in [1.807, 2.05) is 0 Å². The Morgan fingerprint density at radius 3 is 2.11 bits per heavy atom. The average Bonchev–Trinajstić information content (AvgIpc) is 2.39. The summed E-state index contributed by atoms with van der Waals surface area (Å²) in [6.07, 6.45) is -3.85. The Morgan fingerprint density at radius 2 is 1.72 bits per heavy atom. The van der Waals surface area contributed by atoms with Gasteiger partial charge >= 0.3 is 7.60 Å². The molecule has 0 aliphatic carbocycles. The molecule has 0 aromatic heterocycles. The van der Waals surface area contributed by atoms with Gasteiger partial charge in [-0.15, -0.1) is 0 Å². The maximum atomic E-state index is 11.4. The van der Waals surface area contributed by atoms with E-state index in [-0.39, 0.29) is 6.54 Å². The molecule has 0 saturated carbocycles. The lowest BCUT2D eigenvalue weighted by Gasteiger charge is -2.19.